The molecule has 4 N–H and O–H groups in total. The van der Waals surface area contributed by atoms with Crippen LogP contribution in [0.15, 0.2) is 17.3 Å². The predicted octanol–water partition coefficient (Wildman–Crippen LogP) is 0.102. The van der Waals surface area contributed by atoms with Crippen LogP contribution in [0.25, 0.3) is 11.0 Å². The van der Waals surface area contributed by atoms with Crippen LogP contribution >= 0.6 is 0 Å². The highest BCUT2D eigenvalue weighted by atomic mass is 16.6. The van der Waals surface area contributed by atoms with E-state index in [1.165, 1.54) is 17.1 Å². The van der Waals surface area contributed by atoms with Gasteiger partial charge in [-0.25, -0.2) is 4.98 Å². The zero-order chi connectivity index (χ0) is 20.8. The number of ether oxygens (including phenoxy) is 1. The molecule has 1 saturated carbocycles. The van der Waals surface area contributed by atoms with Gasteiger partial charge in [-0.2, -0.15) is 0 Å². The van der Waals surface area contributed by atoms with Crippen LogP contribution in [0, 0.1) is 18.3 Å². The van der Waals surface area contributed by atoms with Crippen LogP contribution in [0.2, 0.25) is 0 Å². The number of nitrogens with zero attached hydrogens (tertiary/aromatic N) is 2. The number of ketones is 1. The number of hydrogen-bond donors (Lipinski definition) is 4. The average molecular weight is 401 g/mol. The Balaban J connectivity index is 1.86. The van der Waals surface area contributed by atoms with E-state index in [-0.39, 0.29) is 28.3 Å². The molecular weight excluding hydrogens is 378 g/mol. The third kappa shape index (κ3) is 3.00. The van der Waals surface area contributed by atoms with Crippen LogP contribution in [0.3, 0.4) is 0 Å². The van der Waals surface area contributed by atoms with Crippen molar-refractivity contribution >= 4 is 16.8 Å². The van der Waals surface area contributed by atoms with Gasteiger partial charge in [0.05, 0.1) is 23.9 Å². The number of hydrogen-bond acceptors (Lipinski definition) is 7. The van der Waals surface area contributed by atoms with Gasteiger partial charge in [-0.1, -0.05) is 25.2 Å². The molecule has 4 atom stereocenters. The number of nitrogens with one attached hydrogen (secondary N) is 1. The molecule has 0 unspecified atom stereocenters. The Labute approximate surface area is 166 Å². The van der Waals surface area contributed by atoms with Crippen LogP contribution in [0.5, 0.6) is 0 Å². The highest BCUT2D eigenvalue weighted by Crippen LogP contribution is 2.40. The number of aromatic nitrogens is 3. The van der Waals surface area contributed by atoms with Crippen LogP contribution in [-0.4, -0.2) is 60.1 Å². The van der Waals surface area contributed by atoms with Crippen molar-refractivity contribution in [3.63, 3.8) is 0 Å². The van der Waals surface area contributed by atoms with Crippen molar-refractivity contribution in [1.29, 1.82) is 0 Å². The van der Waals surface area contributed by atoms with Gasteiger partial charge in [0.15, 0.2) is 17.6 Å². The molecule has 0 amide bonds. The van der Waals surface area contributed by atoms with E-state index in [0.717, 1.165) is 32.1 Å². The first-order valence-corrected chi connectivity index (χ1v) is 9.69. The highest BCUT2D eigenvalue weighted by Gasteiger charge is 2.56. The smallest absolute Gasteiger partial charge is 0.260 e. The average Bonchev–Trinajstić information content (AvgIpc) is 3.25. The van der Waals surface area contributed by atoms with E-state index >= 15 is 0 Å². The molecule has 9 nitrogen and oxygen atoms in total. The van der Waals surface area contributed by atoms with Crippen molar-refractivity contribution in [3.8, 4) is 12.3 Å². The number of aliphatic hydroxyl groups excluding tert-OH is 2. The summed E-state index contributed by atoms with van der Waals surface area (Å²) in [5.74, 6) is 1.79. The summed E-state index contributed by atoms with van der Waals surface area (Å²) in [5, 5.41) is 30.7. The molecule has 9 heteroatoms. The number of aromatic amines is 1. The van der Waals surface area contributed by atoms with Gasteiger partial charge in [-0.3, -0.25) is 9.59 Å². The van der Waals surface area contributed by atoms with Gasteiger partial charge < -0.3 is 29.6 Å². The predicted molar refractivity (Wildman–Crippen MR) is 102 cm³/mol. The monoisotopic (exact) mass is 401 g/mol. The second-order valence-corrected chi connectivity index (χ2v) is 7.70. The molecule has 154 valence electrons. The second kappa shape index (κ2) is 7.39. The maximum absolute atomic E-state index is 13.2. The van der Waals surface area contributed by atoms with Gasteiger partial charge in [0.1, 0.15) is 17.9 Å². The van der Waals surface area contributed by atoms with Crippen molar-refractivity contribution in [1.82, 2.24) is 14.5 Å². The van der Waals surface area contributed by atoms with Gasteiger partial charge in [0, 0.05) is 12.1 Å². The lowest BCUT2D eigenvalue weighted by molar-refractivity contribution is -0.0718. The zero-order valence-corrected chi connectivity index (χ0v) is 15.7. The summed E-state index contributed by atoms with van der Waals surface area (Å²) in [5.41, 5.74) is -2.37. The number of carbonyl (C=O) groups is 1. The van der Waals surface area contributed by atoms with Gasteiger partial charge >= 0.3 is 0 Å². The Morgan fingerprint density at radius 1 is 1.41 bits per heavy atom. The van der Waals surface area contributed by atoms with Gasteiger partial charge in [-0.15, -0.1) is 6.42 Å². The van der Waals surface area contributed by atoms with Gasteiger partial charge in [0.2, 0.25) is 0 Å². The number of Topliss-reactive ketones (excluding diaryl/α,β-unsaturated/α-hetero) is 1. The third-order valence-electron chi connectivity index (χ3n) is 6.00. The van der Waals surface area contributed by atoms with Gasteiger partial charge in [-0.05, 0) is 12.8 Å². The minimum atomic E-state index is -2.17. The Kier molecular flexibility index (Phi) is 5.04. The minimum Gasteiger partial charge on any atom is -0.394 e. The molecule has 1 saturated heterocycles. The van der Waals surface area contributed by atoms with Crippen molar-refractivity contribution in [2.24, 2.45) is 5.92 Å². The van der Waals surface area contributed by atoms with Gasteiger partial charge in [0.25, 0.3) is 5.56 Å². The molecule has 1 aliphatic carbocycles. The lowest BCUT2D eigenvalue weighted by atomic mass is 9.84. The molecule has 0 radical (unpaired) electrons. The first-order chi connectivity index (χ1) is 13.9. The molecule has 4 rings (SSSR count). The maximum Gasteiger partial charge on any atom is 0.260 e. The Morgan fingerprint density at radius 2 is 2.14 bits per heavy atom. The van der Waals surface area contributed by atoms with Crippen molar-refractivity contribution in [2.75, 3.05) is 6.61 Å². The minimum absolute atomic E-state index is 0.0907. The highest BCUT2D eigenvalue weighted by molar-refractivity contribution is 6.08. The molecule has 3 heterocycles. The SMILES string of the molecule is C#C[C@@]1(O)[C@H](O)[C@@H](CO)O[C@H]1n1cc(C(=O)C2CCCCC2)c2c(=O)[nH]cnc21. The van der Waals surface area contributed by atoms with E-state index in [0.29, 0.717) is 0 Å². The fourth-order valence-electron chi connectivity index (χ4n) is 4.39. The Morgan fingerprint density at radius 3 is 2.79 bits per heavy atom. The summed E-state index contributed by atoms with van der Waals surface area (Å²) in [6, 6.07) is 0. The Hall–Kier alpha value is -2.51. The van der Waals surface area contributed by atoms with E-state index in [1.54, 1.807) is 0 Å². The summed E-state index contributed by atoms with van der Waals surface area (Å²) in [4.78, 5) is 32.4. The number of aliphatic hydroxyl groups is 3. The van der Waals surface area contributed by atoms with Crippen molar-refractivity contribution in [2.45, 2.75) is 56.1 Å². The lowest BCUT2D eigenvalue weighted by Gasteiger charge is -2.26. The molecule has 2 aliphatic rings. The molecule has 2 aromatic heterocycles. The summed E-state index contributed by atoms with van der Waals surface area (Å²) in [7, 11) is 0. The molecule has 0 aromatic carbocycles. The van der Waals surface area contributed by atoms with Crippen LogP contribution in [0.1, 0.15) is 48.7 Å². The summed E-state index contributed by atoms with van der Waals surface area (Å²) < 4.78 is 6.91. The second-order valence-electron chi connectivity index (χ2n) is 7.70. The molecule has 0 spiro atoms. The quantitative estimate of drug-likeness (QED) is 0.421. The number of terminal acetylenes is 1. The first kappa shape index (κ1) is 19.8. The van der Waals surface area contributed by atoms with E-state index in [9.17, 15) is 24.9 Å². The van der Waals surface area contributed by atoms with Crippen LogP contribution in [-0.2, 0) is 4.74 Å². The van der Waals surface area contributed by atoms with E-state index in [2.05, 4.69) is 15.9 Å². The third-order valence-corrected chi connectivity index (χ3v) is 6.00. The standard InChI is InChI=1S/C20H23N3O6/c1-2-20(28)16(26)13(9-24)29-19(20)23-8-12(14-17(23)21-10-22-18(14)27)15(25)11-6-4-3-5-7-11/h1,8,10-11,13,16,19,24,26,28H,3-7,9H2,(H,21,22,27)/t13-,16-,19-,20-/m1/s1. The molecule has 0 bridgehead atoms. The molecule has 2 fully saturated rings. The largest absolute Gasteiger partial charge is 0.394 e. The maximum atomic E-state index is 13.2. The fraction of sp³-hybridized carbons (Fsp3) is 0.550. The zero-order valence-electron chi connectivity index (χ0n) is 15.7. The summed E-state index contributed by atoms with van der Waals surface area (Å²) in [6.45, 7) is -0.567. The topological polar surface area (TPSA) is 138 Å². The molecule has 2 aromatic rings. The van der Waals surface area contributed by atoms with Crippen LogP contribution in [0.4, 0.5) is 0 Å². The summed E-state index contributed by atoms with van der Waals surface area (Å²) >= 11 is 0. The fourth-order valence-corrected chi connectivity index (χ4v) is 4.39. The Bertz CT molecular complexity index is 1030. The molecular formula is C20H23N3O6. The number of carbonyl (C=O) groups excluding carboxylic acids is 1. The normalized spacial score (nSPS) is 30.5. The molecule has 29 heavy (non-hydrogen) atoms. The lowest BCUT2D eigenvalue weighted by Crippen LogP contribution is -2.45. The van der Waals surface area contributed by atoms with E-state index in [1.807, 2.05) is 0 Å². The number of rotatable bonds is 4. The summed E-state index contributed by atoms with van der Waals surface area (Å²) in [6.07, 6.45) is 8.54. The van der Waals surface area contributed by atoms with Crippen molar-refractivity contribution < 1.29 is 24.9 Å². The molecule has 1 aliphatic heterocycles. The van der Waals surface area contributed by atoms with Crippen molar-refractivity contribution in [3.05, 3.63) is 28.4 Å². The number of H-pyrrole nitrogens is 1. The van der Waals surface area contributed by atoms with Crippen LogP contribution < -0.4 is 5.56 Å². The number of fused-ring (bicyclic) bond motifs is 1. The van der Waals surface area contributed by atoms with E-state index < -0.39 is 36.2 Å². The van der Waals surface area contributed by atoms with E-state index in [4.69, 9.17) is 11.2 Å². The first-order valence-electron chi connectivity index (χ1n) is 9.69.